The lowest BCUT2D eigenvalue weighted by Gasteiger charge is -2.15. The summed E-state index contributed by atoms with van der Waals surface area (Å²) in [7, 11) is 1.48. The van der Waals surface area contributed by atoms with Crippen LogP contribution in [0.25, 0.3) is 15.9 Å². The van der Waals surface area contributed by atoms with E-state index in [1.54, 1.807) is 35.7 Å². The molecule has 2 aromatic heterocycles. The number of nitrogens with one attached hydrogen (secondary N) is 1. The molecule has 0 saturated carbocycles. The van der Waals surface area contributed by atoms with Crippen LogP contribution in [0, 0.1) is 13.8 Å². The van der Waals surface area contributed by atoms with Gasteiger partial charge in [-0.1, -0.05) is 23.7 Å². The Hall–Kier alpha value is -3.36. The minimum atomic E-state index is -0.581. The molecule has 1 amide bonds. The van der Waals surface area contributed by atoms with Gasteiger partial charge in [0.2, 0.25) is 5.91 Å². The Morgan fingerprint density at radius 3 is 2.66 bits per heavy atom. The summed E-state index contributed by atoms with van der Waals surface area (Å²) in [5, 5.41) is 4.90. The summed E-state index contributed by atoms with van der Waals surface area (Å²) in [6, 6.07) is 12.1. The second-order valence-corrected chi connectivity index (χ2v) is 8.68. The molecule has 2 heterocycles. The standard InChI is InChI=1S/C23H20ClN3O4S/c1-13-4-5-14(2)18(10-13)27-22(29)21-17(8-9-32-21)26(23(27)30)12-20(28)25-16-11-15(24)6-7-19(16)31-3/h4-11H,12H2,1-3H3,(H,25,28). The van der Waals surface area contributed by atoms with E-state index in [-0.39, 0.29) is 6.54 Å². The van der Waals surface area contributed by atoms with Crippen LogP contribution in [0.4, 0.5) is 5.69 Å². The third-order valence-corrected chi connectivity index (χ3v) is 6.22. The smallest absolute Gasteiger partial charge is 0.336 e. The van der Waals surface area contributed by atoms with E-state index in [1.807, 2.05) is 26.0 Å². The van der Waals surface area contributed by atoms with Gasteiger partial charge >= 0.3 is 5.69 Å². The van der Waals surface area contributed by atoms with Crippen LogP contribution in [0.15, 0.2) is 57.4 Å². The van der Waals surface area contributed by atoms with Crippen molar-refractivity contribution in [3.05, 3.63) is 84.8 Å². The minimum absolute atomic E-state index is 0.285. The van der Waals surface area contributed by atoms with E-state index in [9.17, 15) is 14.4 Å². The number of hydrogen-bond acceptors (Lipinski definition) is 5. The number of rotatable bonds is 5. The highest BCUT2D eigenvalue weighted by atomic mass is 35.5. The molecule has 0 atom stereocenters. The Morgan fingerprint density at radius 2 is 1.91 bits per heavy atom. The number of halogens is 1. The molecule has 0 radical (unpaired) electrons. The van der Waals surface area contributed by atoms with E-state index in [4.69, 9.17) is 16.3 Å². The molecule has 0 aliphatic rings. The summed E-state index contributed by atoms with van der Waals surface area (Å²) in [6.07, 6.45) is 0. The number of fused-ring (bicyclic) bond motifs is 1. The molecule has 0 saturated heterocycles. The highest BCUT2D eigenvalue weighted by molar-refractivity contribution is 7.17. The van der Waals surface area contributed by atoms with Gasteiger partial charge in [-0.2, -0.15) is 0 Å². The molecule has 0 unspecified atom stereocenters. The Morgan fingerprint density at radius 1 is 1.12 bits per heavy atom. The molecule has 0 spiro atoms. The summed E-state index contributed by atoms with van der Waals surface area (Å²) in [6.45, 7) is 3.44. The maximum absolute atomic E-state index is 13.4. The summed E-state index contributed by atoms with van der Waals surface area (Å²) in [5.41, 5.74) is 2.03. The number of carbonyl (C=O) groups is 1. The average Bonchev–Trinajstić information content (AvgIpc) is 3.24. The fourth-order valence-corrected chi connectivity index (χ4v) is 4.52. The van der Waals surface area contributed by atoms with Crippen LogP contribution >= 0.6 is 22.9 Å². The van der Waals surface area contributed by atoms with Gasteiger partial charge in [-0.05, 0) is 60.7 Å². The summed E-state index contributed by atoms with van der Waals surface area (Å²) < 4.78 is 8.11. The third kappa shape index (κ3) is 3.94. The van der Waals surface area contributed by atoms with Gasteiger partial charge in [-0.25, -0.2) is 9.36 Å². The monoisotopic (exact) mass is 469 g/mol. The lowest BCUT2D eigenvalue weighted by Crippen LogP contribution is -2.40. The number of ether oxygens (including phenoxy) is 1. The number of amides is 1. The van der Waals surface area contributed by atoms with E-state index < -0.39 is 17.2 Å². The number of thiophene rings is 1. The molecule has 0 fully saturated rings. The quantitative estimate of drug-likeness (QED) is 0.476. The molecule has 1 N–H and O–H groups in total. The van der Waals surface area contributed by atoms with Crippen molar-refractivity contribution in [2.45, 2.75) is 20.4 Å². The normalized spacial score (nSPS) is 11.0. The van der Waals surface area contributed by atoms with Gasteiger partial charge in [0.15, 0.2) is 0 Å². The van der Waals surface area contributed by atoms with Crippen molar-refractivity contribution in [1.29, 1.82) is 0 Å². The molecule has 0 aliphatic heterocycles. The second-order valence-electron chi connectivity index (χ2n) is 7.33. The predicted octanol–water partition coefficient (Wildman–Crippen LogP) is 4.13. The second kappa shape index (κ2) is 8.64. The van der Waals surface area contributed by atoms with Crippen molar-refractivity contribution in [2.75, 3.05) is 12.4 Å². The highest BCUT2D eigenvalue weighted by Gasteiger charge is 2.19. The number of methoxy groups -OCH3 is 1. The zero-order valence-electron chi connectivity index (χ0n) is 17.6. The van der Waals surface area contributed by atoms with E-state index in [0.717, 1.165) is 15.7 Å². The van der Waals surface area contributed by atoms with Crippen molar-refractivity contribution >= 4 is 44.7 Å². The fourth-order valence-electron chi connectivity index (χ4n) is 3.52. The molecule has 0 bridgehead atoms. The van der Waals surface area contributed by atoms with Crippen LogP contribution in [-0.2, 0) is 11.3 Å². The molecule has 9 heteroatoms. The molecular formula is C23H20ClN3O4S. The topological polar surface area (TPSA) is 82.3 Å². The molecular weight excluding hydrogens is 450 g/mol. The molecule has 7 nitrogen and oxygen atoms in total. The first-order chi connectivity index (χ1) is 15.3. The first-order valence-corrected chi connectivity index (χ1v) is 11.0. The first-order valence-electron chi connectivity index (χ1n) is 9.74. The molecule has 164 valence electrons. The van der Waals surface area contributed by atoms with Gasteiger partial charge in [-0.15, -0.1) is 11.3 Å². The van der Waals surface area contributed by atoms with Crippen LogP contribution in [0.5, 0.6) is 5.75 Å². The SMILES string of the molecule is COc1ccc(Cl)cc1NC(=O)Cn1c(=O)n(-c2cc(C)ccc2C)c(=O)c2sccc21. The van der Waals surface area contributed by atoms with Crippen LogP contribution < -0.4 is 21.3 Å². The number of anilines is 1. The van der Waals surface area contributed by atoms with E-state index in [2.05, 4.69) is 5.32 Å². The highest BCUT2D eigenvalue weighted by Crippen LogP contribution is 2.27. The number of nitrogens with zero attached hydrogens (tertiary/aromatic N) is 2. The number of aryl methyl sites for hydroxylation is 2. The average molecular weight is 470 g/mol. The zero-order valence-corrected chi connectivity index (χ0v) is 19.2. The summed E-state index contributed by atoms with van der Waals surface area (Å²) in [5.74, 6) is -0.0116. The zero-order chi connectivity index (χ0) is 23.0. The molecule has 0 aliphatic carbocycles. The Bertz CT molecular complexity index is 1470. The molecule has 4 aromatic rings. The lowest BCUT2D eigenvalue weighted by atomic mass is 10.1. The van der Waals surface area contributed by atoms with Gasteiger partial charge in [0.25, 0.3) is 5.56 Å². The third-order valence-electron chi connectivity index (χ3n) is 5.10. The van der Waals surface area contributed by atoms with Crippen molar-refractivity contribution in [1.82, 2.24) is 9.13 Å². The maximum atomic E-state index is 13.4. The number of carbonyl (C=O) groups excluding carboxylic acids is 1. The fraction of sp³-hybridized carbons (Fsp3) is 0.174. The largest absolute Gasteiger partial charge is 0.495 e. The van der Waals surface area contributed by atoms with Crippen molar-refractivity contribution < 1.29 is 9.53 Å². The van der Waals surface area contributed by atoms with E-state index in [1.165, 1.54) is 23.0 Å². The van der Waals surface area contributed by atoms with Crippen molar-refractivity contribution in [3.8, 4) is 11.4 Å². The Kier molecular flexibility index (Phi) is 5.90. The van der Waals surface area contributed by atoms with Gasteiger partial charge in [-0.3, -0.25) is 14.2 Å². The first kappa shape index (κ1) is 21.9. The summed E-state index contributed by atoms with van der Waals surface area (Å²) >= 11 is 7.27. The van der Waals surface area contributed by atoms with Crippen molar-refractivity contribution in [2.24, 2.45) is 0 Å². The van der Waals surface area contributed by atoms with Gasteiger partial charge in [0, 0.05) is 5.02 Å². The van der Waals surface area contributed by atoms with Crippen LogP contribution in [0.1, 0.15) is 11.1 Å². The van der Waals surface area contributed by atoms with Gasteiger partial charge < -0.3 is 10.1 Å². The van der Waals surface area contributed by atoms with Gasteiger partial charge in [0.05, 0.1) is 24.0 Å². The van der Waals surface area contributed by atoms with Gasteiger partial charge in [0.1, 0.15) is 17.0 Å². The van der Waals surface area contributed by atoms with E-state index in [0.29, 0.717) is 32.4 Å². The number of hydrogen-bond donors (Lipinski definition) is 1. The maximum Gasteiger partial charge on any atom is 0.336 e. The lowest BCUT2D eigenvalue weighted by molar-refractivity contribution is -0.116. The summed E-state index contributed by atoms with van der Waals surface area (Å²) in [4.78, 5) is 39.5. The minimum Gasteiger partial charge on any atom is -0.495 e. The van der Waals surface area contributed by atoms with E-state index >= 15 is 0 Å². The van der Waals surface area contributed by atoms with Crippen LogP contribution in [0.2, 0.25) is 5.02 Å². The van der Waals surface area contributed by atoms with Crippen molar-refractivity contribution in [3.63, 3.8) is 0 Å². The number of aromatic nitrogens is 2. The van der Waals surface area contributed by atoms with Crippen LogP contribution in [-0.4, -0.2) is 22.2 Å². The molecule has 4 rings (SSSR count). The molecule has 32 heavy (non-hydrogen) atoms. The predicted molar refractivity (Wildman–Crippen MR) is 128 cm³/mol. The molecule has 2 aromatic carbocycles. The number of benzene rings is 2. The van der Waals surface area contributed by atoms with Crippen LogP contribution in [0.3, 0.4) is 0 Å². The Balaban J connectivity index is 1.82. The Labute approximate surface area is 192 Å².